The van der Waals surface area contributed by atoms with Crippen molar-refractivity contribution in [2.45, 2.75) is 44.9 Å². The lowest BCUT2D eigenvalue weighted by Gasteiger charge is -2.33. The number of ether oxygens (including phenoxy) is 1. The lowest BCUT2D eigenvalue weighted by Crippen LogP contribution is -2.49. The standard InChI is InChI=1S/C26H38N6O4S2/c1-5-6-21-23-24(30(4)29-21)26(37)28-25(27-23)20-17-19(7-8-22(20)36-16-9-18(2)3)38(34,35)32-12-10-31(11-13-32)14-15-33/h7-8,17-18,33H,5-6,9-16H2,1-4H3,(H,27,28,37). The molecule has 3 heterocycles. The number of H-pyrrole nitrogens is 1. The number of hydrogen-bond acceptors (Lipinski definition) is 8. The van der Waals surface area contributed by atoms with E-state index in [1.807, 2.05) is 7.05 Å². The van der Waals surface area contributed by atoms with Gasteiger partial charge in [0.15, 0.2) is 4.64 Å². The molecule has 0 unspecified atom stereocenters. The van der Waals surface area contributed by atoms with Crippen LogP contribution in [0.3, 0.4) is 0 Å². The Bertz CT molecular complexity index is 1430. The number of benzene rings is 1. The van der Waals surface area contributed by atoms with Crippen LogP contribution in [0.4, 0.5) is 0 Å². The first kappa shape index (κ1) is 28.6. The van der Waals surface area contributed by atoms with E-state index in [0.717, 1.165) is 36.0 Å². The summed E-state index contributed by atoms with van der Waals surface area (Å²) < 4.78 is 37.0. The number of nitrogens with one attached hydrogen (secondary N) is 1. The Labute approximate surface area is 229 Å². The number of piperazine rings is 1. The zero-order valence-corrected chi connectivity index (χ0v) is 24.2. The summed E-state index contributed by atoms with van der Waals surface area (Å²) in [5.74, 6) is 1.47. The van der Waals surface area contributed by atoms with E-state index in [4.69, 9.17) is 17.0 Å². The second-order valence-electron chi connectivity index (χ2n) is 10.1. The molecule has 0 amide bonds. The third-order valence-corrected chi connectivity index (χ3v) is 8.99. The van der Waals surface area contributed by atoms with Gasteiger partial charge in [-0.15, -0.1) is 0 Å². The molecule has 0 bridgehead atoms. The highest BCUT2D eigenvalue weighted by Crippen LogP contribution is 2.33. The number of sulfonamides is 1. The first-order chi connectivity index (χ1) is 18.1. The van der Waals surface area contributed by atoms with Crippen molar-refractivity contribution >= 4 is 33.3 Å². The zero-order valence-electron chi connectivity index (χ0n) is 22.6. The SMILES string of the molecule is CCCc1nn(C)c2c(=S)nc(-c3cc(S(=O)(=O)N4CCN(CCO)CC4)ccc3OCCC(C)C)[nH]c12. The van der Waals surface area contributed by atoms with Gasteiger partial charge in [0.1, 0.15) is 17.1 Å². The van der Waals surface area contributed by atoms with Gasteiger partial charge in [0.25, 0.3) is 0 Å². The molecular weight excluding hydrogens is 524 g/mol. The lowest BCUT2D eigenvalue weighted by atomic mass is 10.1. The number of aliphatic hydroxyl groups excluding tert-OH is 1. The highest BCUT2D eigenvalue weighted by atomic mass is 32.2. The number of nitrogens with zero attached hydrogens (tertiary/aromatic N) is 5. The van der Waals surface area contributed by atoms with Gasteiger partial charge in [-0.25, -0.2) is 13.4 Å². The first-order valence-electron chi connectivity index (χ1n) is 13.2. The van der Waals surface area contributed by atoms with Crippen LogP contribution in [-0.2, 0) is 23.5 Å². The first-order valence-corrected chi connectivity index (χ1v) is 15.1. The van der Waals surface area contributed by atoms with Crippen LogP contribution < -0.4 is 4.74 Å². The fraction of sp³-hybridized carbons (Fsp3) is 0.577. The Morgan fingerprint density at radius 2 is 1.95 bits per heavy atom. The molecule has 3 aromatic rings. The van der Waals surface area contributed by atoms with E-state index in [2.05, 4.69) is 40.7 Å². The number of aromatic nitrogens is 4. The van der Waals surface area contributed by atoms with Crippen LogP contribution in [0.25, 0.3) is 22.4 Å². The minimum Gasteiger partial charge on any atom is -0.493 e. The van der Waals surface area contributed by atoms with Crippen LogP contribution in [0.5, 0.6) is 5.75 Å². The minimum atomic E-state index is -3.74. The van der Waals surface area contributed by atoms with E-state index < -0.39 is 10.0 Å². The van der Waals surface area contributed by atoms with Crippen molar-refractivity contribution in [3.63, 3.8) is 0 Å². The van der Waals surface area contributed by atoms with Gasteiger partial charge in [-0.1, -0.05) is 39.4 Å². The van der Waals surface area contributed by atoms with Crippen LogP contribution in [0.15, 0.2) is 23.1 Å². The summed E-state index contributed by atoms with van der Waals surface area (Å²) >= 11 is 5.65. The maximum atomic E-state index is 13.6. The molecule has 1 saturated heterocycles. The van der Waals surface area contributed by atoms with Gasteiger partial charge >= 0.3 is 0 Å². The molecule has 0 atom stereocenters. The average molecular weight is 563 g/mol. The molecular formula is C26H38N6O4S2. The van der Waals surface area contributed by atoms with Crippen LogP contribution in [0.1, 0.15) is 39.3 Å². The topological polar surface area (TPSA) is 117 Å². The molecule has 0 saturated carbocycles. The van der Waals surface area contributed by atoms with Crippen LogP contribution in [-0.4, -0.2) is 88.4 Å². The minimum absolute atomic E-state index is 0.0595. The molecule has 10 nitrogen and oxygen atoms in total. The predicted octanol–water partition coefficient (Wildman–Crippen LogP) is 3.37. The third-order valence-electron chi connectivity index (χ3n) is 6.81. The van der Waals surface area contributed by atoms with Crippen LogP contribution in [0.2, 0.25) is 0 Å². The van der Waals surface area contributed by atoms with Crippen molar-refractivity contribution < 1.29 is 18.3 Å². The van der Waals surface area contributed by atoms with Gasteiger partial charge in [0, 0.05) is 39.8 Å². The number of aliphatic hydroxyl groups is 1. The Balaban J connectivity index is 1.77. The van der Waals surface area contributed by atoms with E-state index in [9.17, 15) is 13.5 Å². The molecule has 1 aliphatic heterocycles. The molecule has 0 aliphatic carbocycles. The number of rotatable bonds is 11. The lowest BCUT2D eigenvalue weighted by molar-refractivity contribution is 0.151. The van der Waals surface area contributed by atoms with Crippen molar-refractivity contribution in [2.24, 2.45) is 13.0 Å². The Morgan fingerprint density at radius 1 is 1.21 bits per heavy atom. The third kappa shape index (κ3) is 6.09. The smallest absolute Gasteiger partial charge is 0.243 e. The van der Waals surface area contributed by atoms with Gasteiger partial charge in [-0.2, -0.15) is 9.40 Å². The number of aryl methyl sites for hydroxylation is 2. The molecule has 4 rings (SSSR count). The number of β-amino-alcohol motifs (C(OH)–C–C–N with tert-alkyl or cyclic N) is 1. The average Bonchev–Trinajstić information content (AvgIpc) is 3.20. The Morgan fingerprint density at radius 3 is 2.61 bits per heavy atom. The van der Waals surface area contributed by atoms with Crippen LogP contribution in [0, 0.1) is 10.6 Å². The van der Waals surface area contributed by atoms with Gasteiger partial charge in [0.05, 0.1) is 34.9 Å². The van der Waals surface area contributed by atoms with Crippen molar-refractivity contribution in [3.05, 3.63) is 28.5 Å². The number of aromatic amines is 1. The van der Waals surface area contributed by atoms with Gasteiger partial charge in [0.2, 0.25) is 10.0 Å². The summed E-state index contributed by atoms with van der Waals surface area (Å²) in [6, 6.07) is 4.95. The summed E-state index contributed by atoms with van der Waals surface area (Å²) in [4.78, 5) is 10.3. The van der Waals surface area contributed by atoms with Crippen LogP contribution >= 0.6 is 12.2 Å². The molecule has 38 heavy (non-hydrogen) atoms. The quantitative estimate of drug-likeness (QED) is 0.342. The number of fused-ring (bicyclic) bond motifs is 1. The maximum absolute atomic E-state index is 13.6. The van der Waals surface area contributed by atoms with Crippen molar-refractivity contribution in [1.82, 2.24) is 29.0 Å². The fourth-order valence-electron chi connectivity index (χ4n) is 4.67. The fourth-order valence-corrected chi connectivity index (χ4v) is 6.44. The molecule has 1 fully saturated rings. The normalized spacial score (nSPS) is 15.5. The molecule has 1 aliphatic rings. The van der Waals surface area contributed by atoms with E-state index in [1.165, 1.54) is 4.31 Å². The summed E-state index contributed by atoms with van der Waals surface area (Å²) in [6.07, 6.45) is 2.57. The molecule has 0 radical (unpaired) electrons. The monoisotopic (exact) mass is 562 g/mol. The molecule has 2 aromatic heterocycles. The maximum Gasteiger partial charge on any atom is 0.243 e. The second-order valence-corrected chi connectivity index (χ2v) is 12.4. The highest BCUT2D eigenvalue weighted by molar-refractivity contribution is 7.89. The van der Waals surface area contributed by atoms with Gasteiger partial charge in [-0.3, -0.25) is 9.58 Å². The van der Waals surface area contributed by atoms with Crippen molar-refractivity contribution in [3.8, 4) is 17.1 Å². The van der Waals surface area contributed by atoms with Crippen molar-refractivity contribution in [1.29, 1.82) is 0 Å². The Kier molecular flexibility index (Phi) is 9.19. The summed E-state index contributed by atoms with van der Waals surface area (Å²) in [5.41, 5.74) is 3.00. The second kappa shape index (κ2) is 12.2. The zero-order chi connectivity index (χ0) is 27.4. The largest absolute Gasteiger partial charge is 0.493 e. The van der Waals surface area contributed by atoms with Crippen molar-refractivity contribution in [2.75, 3.05) is 45.9 Å². The molecule has 1 aromatic carbocycles. The van der Waals surface area contributed by atoms with E-state index >= 15 is 0 Å². The van der Waals surface area contributed by atoms with E-state index in [-0.39, 0.29) is 11.5 Å². The predicted molar refractivity (Wildman–Crippen MR) is 150 cm³/mol. The molecule has 2 N–H and O–H groups in total. The van der Waals surface area contributed by atoms with Gasteiger partial charge < -0.3 is 14.8 Å². The molecule has 0 spiro atoms. The van der Waals surface area contributed by atoms with E-state index in [0.29, 0.717) is 67.0 Å². The summed E-state index contributed by atoms with van der Waals surface area (Å²) in [7, 11) is -1.89. The van der Waals surface area contributed by atoms with E-state index in [1.54, 1.807) is 22.9 Å². The molecule has 12 heteroatoms. The van der Waals surface area contributed by atoms with Gasteiger partial charge in [-0.05, 0) is 37.0 Å². The Hall–Kier alpha value is -2.38. The summed E-state index contributed by atoms with van der Waals surface area (Å²) in [5, 5.41) is 13.8. The highest BCUT2D eigenvalue weighted by Gasteiger charge is 2.29. The molecule has 208 valence electrons. The summed E-state index contributed by atoms with van der Waals surface area (Å²) in [6.45, 7) is 9.35. The number of hydrogen-bond donors (Lipinski definition) is 2.